The van der Waals surface area contributed by atoms with Gasteiger partial charge in [0.05, 0.1) is 25.9 Å². The minimum Gasteiger partial charge on any atom is -0.374 e. The summed E-state index contributed by atoms with van der Waals surface area (Å²) in [5.41, 5.74) is 0. The van der Waals surface area contributed by atoms with E-state index in [0.29, 0.717) is 12.1 Å². The lowest BCUT2D eigenvalue weighted by Gasteiger charge is -2.41. The summed E-state index contributed by atoms with van der Waals surface area (Å²) in [5.74, 6) is -0.256. The molecule has 0 aromatic carbocycles. The molecular weight excluding hydrogens is 256 g/mol. The molecule has 0 bridgehead atoms. The van der Waals surface area contributed by atoms with E-state index in [4.69, 9.17) is 14.2 Å². The standard InChI is InChI=1S/C15H28N2O3/c1-13(2)17-7-8-18-14(12-17)11-16-5-3-15(4-6-16)19-9-10-20-15/h13-14H,3-12H2,1-2H3. The van der Waals surface area contributed by atoms with Crippen molar-refractivity contribution < 1.29 is 14.2 Å². The summed E-state index contributed by atoms with van der Waals surface area (Å²) < 4.78 is 17.5. The first-order valence-corrected chi connectivity index (χ1v) is 8.03. The van der Waals surface area contributed by atoms with Crippen molar-refractivity contribution >= 4 is 0 Å². The van der Waals surface area contributed by atoms with Gasteiger partial charge in [0, 0.05) is 51.6 Å². The largest absolute Gasteiger partial charge is 0.374 e. The molecule has 0 N–H and O–H groups in total. The molecule has 0 aliphatic carbocycles. The van der Waals surface area contributed by atoms with Crippen LogP contribution in [0, 0.1) is 0 Å². The molecule has 3 aliphatic rings. The molecule has 0 saturated carbocycles. The van der Waals surface area contributed by atoms with Crippen LogP contribution >= 0.6 is 0 Å². The van der Waals surface area contributed by atoms with Crippen LogP contribution < -0.4 is 0 Å². The highest BCUT2D eigenvalue weighted by molar-refractivity contribution is 4.85. The Morgan fingerprint density at radius 3 is 2.40 bits per heavy atom. The zero-order chi connectivity index (χ0) is 14.0. The van der Waals surface area contributed by atoms with Gasteiger partial charge < -0.3 is 19.1 Å². The van der Waals surface area contributed by atoms with Gasteiger partial charge in [0.1, 0.15) is 0 Å². The number of piperidine rings is 1. The molecule has 1 spiro atoms. The van der Waals surface area contributed by atoms with Gasteiger partial charge in [-0.05, 0) is 13.8 Å². The smallest absolute Gasteiger partial charge is 0.170 e. The lowest BCUT2D eigenvalue weighted by molar-refractivity contribution is -0.187. The minimum atomic E-state index is -0.256. The normalized spacial score (nSPS) is 32.2. The number of hydrogen-bond acceptors (Lipinski definition) is 5. The van der Waals surface area contributed by atoms with E-state index >= 15 is 0 Å². The molecule has 1 atom stereocenters. The predicted molar refractivity (Wildman–Crippen MR) is 76.8 cm³/mol. The Labute approximate surface area is 122 Å². The van der Waals surface area contributed by atoms with E-state index in [1.165, 1.54) is 0 Å². The van der Waals surface area contributed by atoms with Crippen molar-refractivity contribution in [2.75, 3.05) is 52.5 Å². The Morgan fingerprint density at radius 2 is 1.75 bits per heavy atom. The van der Waals surface area contributed by atoms with Crippen molar-refractivity contribution in [3.05, 3.63) is 0 Å². The molecular formula is C15H28N2O3. The summed E-state index contributed by atoms with van der Waals surface area (Å²) in [6.07, 6.45) is 2.34. The summed E-state index contributed by atoms with van der Waals surface area (Å²) in [4.78, 5) is 5.02. The highest BCUT2D eigenvalue weighted by Crippen LogP contribution is 2.31. The molecule has 0 aromatic rings. The van der Waals surface area contributed by atoms with Gasteiger partial charge in [-0.25, -0.2) is 0 Å². The molecule has 0 amide bonds. The number of likely N-dealkylation sites (tertiary alicyclic amines) is 1. The van der Waals surface area contributed by atoms with Gasteiger partial charge in [0.15, 0.2) is 5.79 Å². The maximum atomic E-state index is 5.93. The summed E-state index contributed by atoms with van der Waals surface area (Å²) >= 11 is 0. The monoisotopic (exact) mass is 284 g/mol. The molecule has 1 unspecified atom stereocenters. The van der Waals surface area contributed by atoms with E-state index in [1.807, 2.05) is 0 Å². The van der Waals surface area contributed by atoms with Crippen molar-refractivity contribution in [2.45, 2.75) is 44.6 Å². The lowest BCUT2D eigenvalue weighted by atomic mass is 10.0. The van der Waals surface area contributed by atoms with Crippen molar-refractivity contribution in [1.29, 1.82) is 0 Å². The predicted octanol–water partition coefficient (Wildman–Crippen LogP) is 0.935. The van der Waals surface area contributed by atoms with Gasteiger partial charge in [0.25, 0.3) is 0 Å². The molecule has 0 radical (unpaired) electrons. The Balaban J connectivity index is 1.45. The van der Waals surface area contributed by atoms with Crippen molar-refractivity contribution in [3.8, 4) is 0 Å². The van der Waals surface area contributed by atoms with Gasteiger partial charge in [0.2, 0.25) is 0 Å². The third kappa shape index (κ3) is 3.34. The first-order valence-electron chi connectivity index (χ1n) is 8.03. The van der Waals surface area contributed by atoms with Crippen LogP contribution in [0.2, 0.25) is 0 Å². The zero-order valence-electron chi connectivity index (χ0n) is 12.8. The number of morpholine rings is 1. The molecule has 0 aromatic heterocycles. The molecule has 3 heterocycles. The first-order chi connectivity index (χ1) is 9.67. The molecule has 116 valence electrons. The van der Waals surface area contributed by atoms with Gasteiger partial charge in [-0.2, -0.15) is 0 Å². The highest BCUT2D eigenvalue weighted by Gasteiger charge is 2.40. The van der Waals surface area contributed by atoms with Gasteiger partial charge in [-0.3, -0.25) is 4.90 Å². The Kier molecular flexibility index (Phi) is 4.62. The van der Waals surface area contributed by atoms with E-state index in [-0.39, 0.29) is 5.79 Å². The second-order valence-corrected chi connectivity index (χ2v) is 6.49. The first kappa shape index (κ1) is 14.7. The van der Waals surface area contributed by atoms with Crippen molar-refractivity contribution in [3.63, 3.8) is 0 Å². The van der Waals surface area contributed by atoms with Crippen LogP contribution in [0.5, 0.6) is 0 Å². The Morgan fingerprint density at radius 1 is 1.05 bits per heavy atom. The molecule has 20 heavy (non-hydrogen) atoms. The summed E-state index contributed by atoms with van der Waals surface area (Å²) in [7, 11) is 0. The van der Waals surface area contributed by atoms with Gasteiger partial charge in [-0.1, -0.05) is 0 Å². The van der Waals surface area contributed by atoms with Crippen LogP contribution in [0.1, 0.15) is 26.7 Å². The van der Waals surface area contributed by atoms with Crippen LogP contribution in [-0.4, -0.2) is 80.3 Å². The van der Waals surface area contributed by atoms with Crippen LogP contribution in [0.15, 0.2) is 0 Å². The summed E-state index contributed by atoms with van der Waals surface area (Å²) in [5, 5.41) is 0. The van der Waals surface area contributed by atoms with Crippen LogP contribution in [-0.2, 0) is 14.2 Å². The van der Waals surface area contributed by atoms with Gasteiger partial charge in [-0.15, -0.1) is 0 Å². The highest BCUT2D eigenvalue weighted by atomic mass is 16.7. The van der Waals surface area contributed by atoms with Crippen molar-refractivity contribution in [2.24, 2.45) is 0 Å². The number of nitrogens with zero attached hydrogens (tertiary/aromatic N) is 2. The molecule has 3 aliphatic heterocycles. The van der Waals surface area contributed by atoms with E-state index < -0.39 is 0 Å². The fraction of sp³-hybridized carbons (Fsp3) is 1.00. The fourth-order valence-electron chi connectivity index (χ4n) is 3.47. The average molecular weight is 284 g/mol. The summed E-state index contributed by atoms with van der Waals surface area (Å²) in [6, 6.07) is 0.617. The second kappa shape index (κ2) is 6.28. The lowest BCUT2D eigenvalue weighted by Crippen LogP contribution is -2.52. The second-order valence-electron chi connectivity index (χ2n) is 6.49. The average Bonchev–Trinajstić information content (AvgIpc) is 2.90. The van der Waals surface area contributed by atoms with E-state index in [9.17, 15) is 0 Å². The van der Waals surface area contributed by atoms with E-state index in [0.717, 1.165) is 65.4 Å². The van der Waals surface area contributed by atoms with Crippen LogP contribution in [0.3, 0.4) is 0 Å². The van der Waals surface area contributed by atoms with Crippen molar-refractivity contribution in [1.82, 2.24) is 9.80 Å². The Bertz CT molecular complexity index is 308. The minimum absolute atomic E-state index is 0.256. The Hall–Kier alpha value is -0.200. The molecule has 3 saturated heterocycles. The quantitative estimate of drug-likeness (QED) is 0.770. The van der Waals surface area contributed by atoms with Gasteiger partial charge >= 0.3 is 0 Å². The number of hydrogen-bond donors (Lipinski definition) is 0. The van der Waals surface area contributed by atoms with Crippen LogP contribution in [0.4, 0.5) is 0 Å². The number of ether oxygens (including phenoxy) is 3. The van der Waals surface area contributed by atoms with Crippen LogP contribution in [0.25, 0.3) is 0 Å². The zero-order valence-corrected chi connectivity index (χ0v) is 12.8. The molecule has 3 rings (SSSR count). The topological polar surface area (TPSA) is 34.2 Å². The van der Waals surface area contributed by atoms with E-state index in [2.05, 4.69) is 23.6 Å². The maximum absolute atomic E-state index is 5.93. The number of rotatable bonds is 3. The third-order valence-corrected chi connectivity index (χ3v) is 4.79. The molecule has 5 heteroatoms. The maximum Gasteiger partial charge on any atom is 0.170 e. The van der Waals surface area contributed by atoms with E-state index in [1.54, 1.807) is 0 Å². The molecule has 5 nitrogen and oxygen atoms in total. The summed E-state index contributed by atoms with van der Waals surface area (Å²) in [6.45, 7) is 12.2. The SMILES string of the molecule is CC(C)N1CCOC(CN2CCC3(CC2)OCCO3)C1. The molecule has 3 fully saturated rings. The fourth-order valence-corrected chi connectivity index (χ4v) is 3.47. The third-order valence-electron chi connectivity index (χ3n) is 4.79.